The second-order valence-corrected chi connectivity index (χ2v) is 5.50. The Balaban J connectivity index is 2.29. The van der Waals surface area contributed by atoms with Gasteiger partial charge >= 0.3 is 0 Å². The molecule has 0 spiro atoms. The first-order valence-electron chi connectivity index (χ1n) is 7.45. The monoisotopic (exact) mass is 303 g/mol. The fraction of sp³-hybridized carbons (Fsp3) is 0.100. The molecule has 0 aliphatic carbocycles. The largest absolute Gasteiger partial charge is 0.315 e. The number of hydrogen-bond acceptors (Lipinski definition) is 2. The summed E-state index contributed by atoms with van der Waals surface area (Å²) in [5, 5.41) is 0. The molecular formula is C20H17NO2. The summed E-state index contributed by atoms with van der Waals surface area (Å²) in [4.78, 5) is 25.7. The van der Waals surface area contributed by atoms with Gasteiger partial charge in [0.05, 0.1) is 5.56 Å². The molecule has 3 rings (SSSR count). The summed E-state index contributed by atoms with van der Waals surface area (Å²) in [6.45, 7) is 1.87. The molecule has 3 heteroatoms. The maximum absolute atomic E-state index is 12.9. The zero-order chi connectivity index (χ0) is 16.4. The first kappa shape index (κ1) is 15.0. The van der Waals surface area contributed by atoms with Crippen LogP contribution in [-0.4, -0.2) is 10.4 Å². The summed E-state index contributed by atoms with van der Waals surface area (Å²) >= 11 is 0. The van der Waals surface area contributed by atoms with Crippen LogP contribution in [0.5, 0.6) is 0 Å². The van der Waals surface area contributed by atoms with E-state index in [1.54, 1.807) is 31.3 Å². The van der Waals surface area contributed by atoms with Crippen LogP contribution in [0.4, 0.5) is 0 Å². The fourth-order valence-electron chi connectivity index (χ4n) is 2.62. The van der Waals surface area contributed by atoms with E-state index in [-0.39, 0.29) is 16.9 Å². The van der Waals surface area contributed by atoms with Gasteiger partial charge in [0.1, 0.15) is 0 Å². The highest BCUT2D eigenvalue weighted by Gasteiger charge is 2.20. The van der Waals surface area contributed by atoms with Gasteiger partial charge in [-0.1, -0.05) is 60.7 Å². The number of ketones is 1. The Morgan fingerprint density at radius 3 is 2.09 bits per heavy atom. The molecule has 0 N–H and O–H groups in total. The predicted octanol–water partition coefficient (Wildman–Crippen LogP) is 3.59. The molecule has 114 valence electrons. The van der Waals surface area contributed by atoms with Crippen molar-refractivity contribution in [2.75, 3.05) is 0 Å². The van der Waals surface area contributed by atoms with Crippen LogP contribution in [0.25, 0.3) is 11.1 Å². The lowest BCUT2D eigenvalue weighted by Crippen LogP contribution is -2.27. The van der Waals surface area contributed by atoms with Gasteiger partial charge in [-0.25, -0.2) is 0 Å². The third kappa shape index (κ3) is 2.73. The zero-order valence-electron chi connectivity index (χ0n) is 13.1. The summed E-state index contributed by atoms with van der Waals surface area (Å²) < 4.78 is 1.52. The average molecular weight is 303 g/mol. The van der Waals surface area contributed by atoms with Gasteiger partial charge in [-0.3, -0.25) is 9.59 Å². The number of carbonyl (C=O) groups is 1. The van der Waals surface area contributed by atoms with Crippen molar-refractivity contribution >= 4 is 5.78 Å². The zero-order valence-corrected chi connectivity index (χ0v) is 13.1. The summed E-state index contributed by atoms with van der Waals surface area (Å²) in [6.07, 6.45) is 0. The molecule has 0 saturated heterocycles. The number of rotatable bonds is 3. The van der Waals surface area contributed by atoms with Crippen LogP contribution in [0.1, 0.15) is 21.6 Å². The highest BCUT2D eigenvalue weighted by molar-refractivity contribution is 6.12. The molecule has 0 fully saturated rings. The van der Waals surface area contributed by atoms with Gasteiger partial charge in [0.25, 0.3) is 5.56 Å². The number of aromatic nitrogens is 1. The fourth-order valence-corrected chi connectivity index (χ4v) is 2.62. The van der Waals surface area contributed by atoms with E-state index < -0.39 is 0 Å². The molecule has 23 heavy (non-hydrogen) atoms. The lowest BCUT2D eigenvalue weighted by molar-refractivity contribution is 0.103. The molecule has 0 amide bonds. The molecule has 0 saturated carbocycles. The predicted molar refractivity (Wildman–Crippen MR) is 91.7 cm³/mol. The van der Waals surface area contributed by atoms with E-state index in [2.05, 4.69) is 0 Å². The number of hydrogen-bond donors (Lipinski definition) is 0. The van der Waals surface area contributed by atoms with Crippen LogP contribution in [-0.2, 0) is 7.05 Å². The molecule has 0 aliphatic rings. The van der Waals surface area contributed by atoms with Crippen molar-refractivity contribution in [3.63, 3.8) is 0 Å². The molecular weight excluding hydrogens is 286 g/mol. The standard InChI is InChI=1S/C20H17NO2/c1-14-13-17(15-9-5-3-6-10-15)18(20(23)21(14)2)19(22)16-11-7-4-8-12-16/h3-13H,1-2H3. The van der Waals surface area contributed by atoms with Crippen molar-refractivity contribution in [3.05, 3.63) is 93.9 Å². The summed E-state index contributed by atoms with van der Waals surface area (Å²) in [5.74, 6) is -0.245. The summed E-state index contributed by atoms with van der Waals surface area (Å²) in [5.41, 5.74) is 2.84. The van der Waals surface area contributed by atoms with E-state index in [9.17, 15) is 9.59 Å². The van der Waals surface area contributed by atoms with Gasteiger partial charge in [0.15, 0.2) is 5.78 Å². The number of nitrogens with zero attached hydrogens (tertiary/aromatic N) is 1. The van der Waals surface area contributed by atoms with Crippen molar-refractivity contribution in [3.8, 4) is 11.1 Å². The number of carbonyl (C=O) groups excluding carboxylic acids is 1. The van der Waals surface area contributed by atoms with Crippen LogP contribution in [0.2, 0.25) is 0 Å². The summed E-state index contributed by atoms with van der Waals surface area (Å²) in [6, 6.07) is 20.4. The molecule has 3 aromatic rings. The van der Waals surface area contributed by atoms with Crippen molar-refractivity contribution in [2.45, 2.75) is 6.92 Å². The average Bonchev–Trinajstić information content (AvgIpc) is 2.60. The van der Waals surface area contributed by atoms with Gasteiger partial charge in [-0.05, 0) is 18.6 Å². The van der Waals surface area contributed by atoms with Gasteiger partial charge in [-0.15, -0.1) is 0 Å². The third-order valence-corrected chi connectivity index (χ3v) is 4.02. The molecule has 3 nitrogen and oxygen atoms in total. The first-order valence-corrected chi connectivity index (χ1v) is 7.45. The van der Waals surface area contributed by atoms with Gasteiger partial charge in [-0.2, -0.15) is 0 Å². The van der Waals surface area contributed by atoms with E-state index in [4.69, 9.17) is 0 Å². The lowest BCUT2D eigenvalue weighted by atomic mass is 9.94. The highest BCUT2D eigenvalue weighted by atomic mass is 16.1. The van der Waals surface area contributed by atoms with Gasteiger partial charge in [0.2, 0.25) is 0 Å². The van der Waals surface area contributed by atoms with E-state index >= 15 is 0 Å². The molecule has 1 aromatic heterocycles. The van der Waals surface area contributed by atoms with Crippen LogP contribution in [0, 0.1) is 6.92 Å². The Hall–Kier alpha value is -2.94. The Morgan fingerprint density at radius 2 is 1.48 bits per heavy atom. The molecule has 0 radical (unpaired) electrons. The first-order chi connectivity index (χ1) is 11.1. The normalized spacial score (nSPS) is 10.5. The van der Waals surface area contributed by atoms with Crippen molar-refractivity contribution in [2.24, 2.45) is 7.05 Å². The van der Waals surface area contributed by atoms with Gasteiger partial charge < -0.3 is 4.57 Å². The molecule has 2 aromatic carbocycles. The van der Waals surface area contributed by atoms with E-state index in [0.29, 0.717) is 11.1 Å². The van der Waals surface area contributed by atoms with Crippen LogP contribution in [0.3, 0.4) is 0 Å². The number of aryl methyl sites for hydroxylation is 1. The number of pyridine rings is 1. The van der Waals surface area contributed by atoms with Crippen molar-refractivity contribution in [1.82, 2.24) is 4.57 Å². The van der Waals surface area contributed by atoms with Crippen molar-refractivity contribution < 1.29 is 4.79 Å². The van der Waals surface area contributed by atoms with E-state index in [1.807, 2.05) is 49.4 Å². The highest BCUT2D eigenvalue weighted by Crippen LogP contribution is 2.24. The molecule has 0 atom stereocenters. The molecule has 0 aliphatic heterocycles. The Morgan fingerprint density at radius 1 is 0.913 bits per heavy atom. The summed E-state index contributed by atoms with van der Waals surface area (Å²) in [7, 11) is 1.69. The number of benzene rings is 2. The molecule has 1 heterocycles. The second kappa shape index (κ2) is 6.05. The SMILES string of the molecule is Cc1cc(-c2ccccc2)c(C(=O)c2ccccc2)c(=O)n1C. The van der Waals surface area contributed by atoms with Crippen molar-refractivity contribution in [1.29, 1.82) is 0 Å². The minimum atomic E-state index is -0.266. The Bertz CT molecular complexity index is 910. The molecule has 0 bridgehead atoms. The smallest absolute Gasteiger partial charge is 0.262 e. The van der Waals surface area contributed by atoms with Crippen LogP contribution < -0.4 is 5.56 Å². The minimum Gasteiger partial charge on any atom is -0.315 e. The Kier molecular flexibility index (Phi) is 3.94. The maximum atomic E-state index is 12.9. The molecule has 0 unspecified atom stereocenters. The van der Waals surface area contributed by atoms with Crippen LogP contribution in [0.15, 0.2) is 71.5 Å². The van der Waals surface area contributed by atoms with E-state index in [1.165, 1.54) is 4.57 Å². The quantitative estimate of drug-likeness (QED) is 0.694. The third-order valence-electron chi connectivity index (χ3n) is 4.02. The topological polar surface area (TPSA) is 39.1 Å². The maximum Gasteiger partial charge on any atom is 0.262 e. The minimum absolute atomic E-state index is 0.218. The lowest BCUT2D eigenvalue weighted by Gasteiger charge is -2.13. The van der Waals surface area contributed by atoms with Gasteiger partial charge in [0, 0.05) is 23.9 Å². The second-order valence-electron chi connectivity index (χ2n) is 5.50. The van der Waals surface area contributed by atoms with Crippen LogP contribution >= 0.6 is 0 Å². The van der Waals surface area contributed by atoms with E-state index in [0.717, 1.165) is 11.3 Å². The Labute approximate surface area is 134 Å².